The molecule has 21 heavy (non-hydrogen) atoms. The molecular formula is H5F15P5Ru. The molecule has 0 aromatic heterocycles. The molecule has 0 fully saturated rings. The monoisotopic (exact) mass is 547 g/mol. The third-order valence-electron chi connectivity index (χ3n) is 2.00. The second-order valence-corrected chi connectivity index (χ2v) is 68.1. The molecule has 0 heterocycles. The molecule has 0 nitrogen and oxygen atoms in total. The fourth-order valence-electron chi connectivity index (χ4n) is 1.14. The van der Waals surface area contributed by atoms with E-state index in [1.807, 2.05) is 0 Å². The molecule has 143 valence electrons. The van der Waals surface area contributed by atoms with Gasteiger partial charge in [0.2, 0.25) is 0 Å². The molecule has 0 N–H and O–H groups in total. The van der Waals surface area contributed by atoms with Gasteiger partial charge in [0.15, 0.2) is 0 Å². The first-order valence-corrected chi connectivity index (χ1v) is 24.2. The Morgan fingerprint density at radius 1 is 0.286 bits per heavy atom. The van der Waals surface area contributed by atoms with Gasteiger partial charge in [0, 0.05) is 0 Å². The van der Waals surface area contributed by atoms with Crippen molar-refractivity contribution in [3.63, 3.8) is 0 Å². The number of hydrogen-bond acceptors (Lipinski definition) is 0. The van der Waals surface area contributed by atoms with E-state index < -0.39 is 43.8 Å². The molecule has 0 saturated carbocycles. The molecule has 0 aliphatic carbocycles. The average Bonchev–Trinajstić information content (AvgIpc) is 1.85. The van der Waals surface area contributed by atoms with Crippen LogP contribution in [0.4, 0.5) is 63.0 Å². The molecule has 21 heteroatoms. The molecule has 0 aromatic carbocycles. The molecule has 0 saturated heterocycles. The Labute approximate surface area is 107 Å². The zero-order valence-corrected chi connectivity index (χ0v) is 15.3. The molecule has 0 atom stereocenters. The van der Waals surface area contributed by atoms with Crippen molar-refractivity contribution in [3.8, 4) is 0 Å². The van der Waals surface area contributed by atoms with Crippen molar-refractivity contribution < 1.29 is 74.1 Å². The Hall–Kier alpha value is 1.72. The fraction of sp³-hybridized carbons (Fsp3) is 0. The normalized spacial score (nSPS) is 22.1. The molecule has 0 amide bonds. The van der Waals surface area contributed by atoms with Crippen molar-refractivity contribution in [2.45, 2.75) is 0 Å². The summed E-state index contributed by atoms with van der Waals surface area (Å²) in [7, 11) is 0. The summed E-state index contributed by atoms with van der Waals surface area (Å²) in [6, 6.07) is 0. The summed E-state index contributed by atoms with van der Waals surface area (Å²) in [4.78, 5) is 0. The van der Waals surface area contributed by atoms with Crippen LogP contribution >= 0.6 is 32.6 Å². The Bertz CT molecular complexity index is 297. The zero-order valence-electron chi connectivity index (χ0n) is 8.52. The van der Waals surface area contributed by atoms with Crippen LogP contribution in [0.1, 0.15) is 0 Å². The second-order valence-electron chi connectivity index (χ2n) is 2.96. The standard InChI is InChI=1S/5F3HP.Ru/c5*1-4(2)3;/h5*4H;/q5*+1;-5. The van der Waals surface area contributed by atoms with Gasteiger partial charge in [-0.3, -0.25) is 0 Å². The Balaban J connectivity index is 7.73. The van der Waals surface area contributed by atoms with Gasteiger partial charge in [-0.1, -0.05) is 0 Å². The molecule has 0 aliphatic heterocycles. The van der Waals surface area contributed by atoms with Crippen LogP contribution in [0.3, 0.4) is 0 Å². The Morgan fingerprint density at radius 3 is 0.381 bits per heavy atom. The predicted octanol–water partition coefficient (Wildman–Crippen LogP) is 9.27. The summed E-state index contributed by atoms with van der Waals surface area (Å²) in [5.74, 6) is 0. The van der Waals surface area contributed by atoms with E-state index in [2.05, 4.69) is 0 Å². The third-order valence-corrected chi connectivity index (χ3v) is 107. The van der Waals surface area contributed by atoms with E-state index in [1.165, 1.54) is 0 Å². The van der Waals surface area contributed by atoms with Crippen LogP contribution in [0, 0.1) is 0 Å². The molecule has 0 aromatic rings. The summed E-state index contributed by atoms with van der Waals surface area (Å²) in [6.45, 7) is -51.0. The molecule has 0 radical (unpaired) electrons. The third kappa shape index (κ3) is 2.22. The molecule has 0 rings (SSSR count). The van der Waals surface area contributed by atoms with Crippen molar-refractivity contribution in [1.29, 1.82) is 0 Å². The summed E-state index contributed by atoms with van der Waals surface area (Å²) < 4.78 is 187. The molecule has 0 unspecified atom stereocenters. The first kappa shape index (κ1) is 22.7. The maximum absolute atomic E-state index is 12.5. The van der Waals surface area contributed by atoms with E-state index in [0.717, 1.165) is 0 Å². The van der Waals surface area contributed by atoms with Gasteiger partial charge in [-0.05, 0) is 0 Å². The van der Waals surface area contributed by atoms with Crippen LogP contribution in [-0.4, -0.2) is 0 Å². The molecular weight excluding hydrogens is 541 g/mol. The van der Waals surface area contributed by atoms with Crippen LogP contribution in [0.5, 0.6) is 0 Å². The van der Waals surface area contributed by atoms with Crippen LogP contribution in [0.2, 0.25) is 0 Å². The van der Waals surface area contributed by atoms with Crippen molar-refractivity contribution in [2.75, 3.05) is 0 Å². The van der Waals surface area contributed by atoms with E-state index in [4.69, 9.17) is 0 Å². The van der Waals surface area contributed by atoms with Gasteiger partial charge in [0.25, 0.3) is 0 Å². The average molecular weight is 546 g/mol. The molecule has 0 aliphatic rings. The summed E-state index contributed by atoms with van der Waals surface area (Å²) in [5, 5.41) is 0. The van der Waals surface area contributed by atoms with Crippen molar-refractivity contribution in [3.05, 3.63) is 0 Å². The minimum atomic E-state index is -12.4. The predicted molar refractivity (Wildman–Crippen MR) is 58.2 cm³/mol. The van der Waals surface area contributed by atoms with Crippen LogP contribution in [0.15, 0.2) is 0 Å². The van der Waals surface area contributed by atoms with Crippen LogP contribution in [-0.2, 0) is 11.2 Å². The summed E-state index contributed by atoms with van der Waals surface area (Å²) >= 11 is -12.4. The minimum absolute atomic E-state index is 10.2. The van der Waals surface area contributed by atoms with Gasteiger partial charge in [-0.2, -0.15) is 0 Å². The van der Waals surface area contributed by atoms with Crippen molar-refractivity contribution in [2.24, 2.45) is 0 Å². The number of rotatable bonds is 5. The maximum atomic E-state index is 12.5. The van der Waals surface area contributed by atoms with Crippen LogP contribution < -0.4 is 0 Å². The topological polar surface area (TPSA) is 0 Å². The van der Waals surface area contributed by atoms with Gasteiger partial charge in [-0.25, -0.2) is 0 Å². The van der Waals surface area contributed by atoms with Crippen molar-refractivity contribution >= 4 is 32.6 Å². The number of halogens is 15. The molecule has 0 spiro atoms. The van der Waals surface area contributed by atoms with E-state index in [0.29, 0.717) is 0 Å². The van der Waals surface area contributed by atoms with E-state index in [9.17, 15) is 63.0 Å². The SMILES string of the molecule is F[PH](F)(F)[Ru]([PH](F)(F)F)([PH](F)(F)F)([PH](F)(F)F)[PH](F)(F)F. The van der Waals surface area contributed by atoms with Gasteiger partial charge in [-0.15, -0.1) is 0 Å². The zero-order chi connectivity index (χ0) is 17.9. The van der Waals surface area contributed by atoms with Crippen molar-refractivity contribution in [1.82, 2.24) is 0 Å². The van der Waals surface area contributed by atoms with Crippen LogP contribution in [0.25, 0.3) is 0 Å². The van der Waals surface area contributed by atoms with Gasteiger partial charge < -0.3 is 0 Å². The number of hydrogen-bond donors (Lipinski definition) is 0. The van der Waals surface area contributed by atoms with E-state index in [-0.39, 0.29) is 0 Å². The summed E-state index contributed by atoms with van der Waals surface area (Å²) in [6.07, 6.45) is 0. The van der Waals surface area contributed by atoms with Gasteiger partial charge in [0.1, 0.15) is 0 Å². The van der Waals surface area contributed by atoms with E-state index >= 15 is 0 Å². The van der Waals surface area contributed by atoms with Gasteiger partial charge in [0.05, 0.1) is 0 Å². The molecule has 0 bridgehead atoms. The fourth-order valence-corrected chi connectivity index (χ4v) is 60.5. The van der Waals surface area contributed by atoms with Gasteiger partial charge >= 0.3 is 107 Å². The summed E-state index contributed by atoms with van der Waals surface area (Å²) in [5.41, 5.74) is 0. The second kappa shape index (κ2) is 5.36. The Kier molecular flexibility index (Phi) is 5.80. The first-order valence-electron chi connectivity index (χ1n) is 3.72. The Morgan fingerprint density at radius 2 is 0.381 bits per heavy atom. The quantitative estimate of drug-likeness (QED) is 0.183. The van der Waals surface area contributed by atoms with E-state index in [1.54, 1.807) is 0 Å². The first-order chi connectivity index (χ1) is 8.62.